The second-order valence-corrected chi connectivity index (χ2v) is 22.4. The van der Waals surface area contributed by atoms with Gasteiger partial charge in [-0.2, -0.15) is 0 Å². The molecule has 0 fully saturated rings. The van der Waals surface area contributed by atoms with E-state index in [2.05, 4.69) is 69.4 Å². The predicted molar refractivity (Wildman–Crippen MR) is 325 cm³/mol. The van der Waals surface area contributed by atoms with Crippen molar-refractivity contribution in [2.45, 2.75) is 361 Å². The third kappa shape index (κ3) is 62.1. The summed E-state index contributed by atoms with van der Waals surface area (Å²) in [6.45, 7) is 6.58. The Morgan fingerprint density at radius 1 is 0.280 bits per heavy atom. The van der Waals surface area contributed by atoms with Gasteiger partial charge in [0.15, 0.2) is 6.10 Å². The Labute approximate surface area is 467 Å². The zero-order chi connectivity index (χ0) is 54.3. The molecule has 1 unspecified atom stereocenters. The molecule has 0 heterocycles. The van der Waals surface area contributed by atoms with Gasteiger partial charge in [-0.15, -0.1) is 0 Å². The summed E-state index contributed by atoms with van der Waals surface area (Å²) in [5.41, 5.74) is 0. The Morgan fingerprint density at radius 2 is 0.520 bits per heavy atom. The molecule has 0 amide bonds. The van der Waals surface area contributed by atoms with Crippen LogP contribution in [0, 0.1) is 0 Å². The Hall–Kier alpha value is -2.63. The zero-order valence-electron chi connectivity index (χ0n) is 50.3. The summed E-state index contributed by atoms with van der Waals surface area (Å²) in [5.74, 6) is -0.844. The number of rotatable bonds is 61. The summed E-state index contributed by atoms with van der Waals surface area (Å²) >= 11 is 0. The quantitative estimate of drug-likeness (QED) is 0.0261. The standard InChI is InChI=1S/C69H126O6/c1-4-7-10-13-16-19-22-24-26-28-30-32-33-34-35-36-37-38-40-41-43-45-47-50-53-56-59-62-68(71)74-65-66(64-73-67(70)61-58-55-52-49-21-18-15-12-9-6-3)75-69(72)63-60-57-54-51-48-46-44-42-39-31-29-27-25-23-20-17-14-11-8-5-2/h7,10,16,19,24,26,30,32,66H,4-6,8-9,11-15,17-18,20-23,25,27-29,31,33-65H2,1-3H3/b10-7-,19-16-,26-24-,32-30-. The number of hydrogen-bond donors (Lipinski definition) is 0. The van der Waals surface area contributed by atoms with E-state index in [0.29, 0.717) is 19.3 Å². The number of hydrogen-bond acceptors (Lipinski definition) is 6. The van der Waals surface area contributed by atoms with Gasteiger partial charge in [-0.1, -0.05) is 326 Å². The second-order valence-electron chi connectivity index (χ2n) is 22.4. The molecular formula is C69H126O6. The Balaban J connectivity index is 4.16. The first-order chi connectivity index (χ1) is 37.0. The van der Waals surface area contributed by atoms with E-state index in [0.717, 1.165) is 83.5 Å². The van der Waals surface area contributed by atoms with Gasteiger partial charge in [0, 0.05) is 19.3 Å². The van der Waals surface area contributed by atoms with Crippen molar-refractivity contribution >= 4 is 17.9 Å². The van der Waals surface area contributed by atoms with Gasteiger partial charge < -0.3 is 14.2 Å². The highest BCUT2D eigenvalue weighted by Crippen LogP contribution is 2.18. The fourth-order valence-corrected chi connectivity index (χ4v) is 9.91. The molecule has 1 atom stereocenters. The molecule has 0 saturated carbocycles. The van der Waals surface area contributed by atoms with Crippen LogP contribution in [0.4, 0.5) is 0 Å². The molecule has 0 saturated heterocycles. The fourth-order valence-electron chi connectivity index (χ4n) is 9.91. The van der Waals surface area contributed by atoms with Crippen molar-refractivity contribution in [3.05, 3.63) is 48.6 Å². The molecule has 0 aromatic carbocycles. The molecule has 0 aliphatic heterocycles. The van der Waals surface area contributed by atoms with Crippen LogP contribution in [-0.4, -0.2) is 37.2 Å². The summed E-state index contributed by atoms with van der Waals surface area (Å²) < 4.78 is 16.9. The summed E-state index contributed by atoms with van der Waals surface area (Å²) in [7, 11) is 0. The molecule has 0 aliphatic carbocycles. The van der Waals surface area contributed by atoms with E-state index in [-0.39, 0.29) is 31.1 Å². The van der Waals surface area contributed by atoms with Gasteiger partial charge in [0.1, 0.15) is 13.2 Å². The number of carbonyl (C=O) groups is 3. The normalized spacial score (nSPS) is 12.3. The lowest BCUT2D eigenvalue weighted by atomic mass is 10.0. The van der Waals surface area contributed by atoms with Gasteiger partial charge in [-0.05, 0) is 57.8 Å². The molecule has 0 spiro atoms. The average Bonchev–Trinajstić information content (AvgIpc) is 3.41. The number of unbranched alkanes of at least 4 members (excludes halogenated alkanes) is 42. The van der Waals surface area contributed by atoms with Crippen molar-refractivity contribution in [3.63, 3.8) is 0 Å². The monoisotopic (exact) mass is 1050 g/mol. The minimum atomic E-state index is -0.768. The van der Waals surface area contributed by atoms with Crippen LogP contribution in [-0.2, 0) is 28.6 Å². The maximum atomic E-state index is 12.9. The Kier molecular flexibility index (Phi) is 61.7. The highest BCUT2D eigenvalue weighted by Gasteiger charge is 2.19. The van der Waals surface area contributed by atoms with E-state index in [1.807, 2.05) is 0 Å². The molecule has 0 radical (unpaired) electrons. The Bertz CT molecular complexity index is 1300. The molecule has 6 nitrogen and oxygen atoms in total. The van der Waals surface area contributed by atoms with Gasteiger partial charge in [0.25, 0.3) is 0 Å². The average molecular weight is 1050 g/mol. The van der Waals surface area contributed by atoms with Crippen LogP contribution in [0.1, 0.15) is 355 Å². The van der Waals surface area contributed by atoms with Crippen LogP contribution >= 0.6 is 0 Å². The van der Waals surface area contributed by atoms with Crippen LogP contribution in [0.25, 0.3) is 0 Å². The fraction of sp³-hybridized carbons (Fsp3) is 0.841. The van der Waals surface area contributed by atoms with E-state index < -0.39 is 6.10 Å². The SMILES string of the molecule is CC/C=C\C/C=C\C/C=C\C/C=C\CCCCCCCCCCCCCCCCC(=O)OCC(COC(=O)CCCCCCCCCCCC)OC(=O)CCCCCCCCCCCCCCCCCCCCCC. The third-order valence-corrected chi connectivity index (χ3v) is 14.8. The van der Waals surface area contributed by atoms with Crippen molar-refractivity contribution in [2.24, 2.45) is 0 Å². The number of ether oxygens (including phenoxy) is 3. The largest absolute Gasteiger partial charge is 0.462 e. The van der Waals surface area contributed by atoms with Crippen molar-refractivity contribution < 1.29 is 28.6 Å². The van der Waals surface area contributed by atoms with Crippen LogP contribution in [0.3, 0.4) is 0 Å². The van der Waals surface area contributed by atoms with E-state index >= 15 is 0 Å². The highest BCUT2D eigenvalue weighted by atomic mass is 16.6. The number of allylic oxidation sites excluding steroid dienone is 8. The molecule has 438 valence electrons. The van der Waals surface area contributed by atoms with Gasteiger partial charge in [0.2, 0.25) is 0 Å². The smallest absolute Gasteiger partial charge is 0.306 e. The van der Waals surface area contributed by atoms with Crippen molar-refractivity contribution in [2.75, 3.05) is 13.2 Å². The third-order valence-electron chi connectivity index (χ3n) is 14.8. The first-order valence-electron chi connectivity index (χ1n) is 33.1. The second kappa shape index (κ2) is 63.9. The summed E-state index contributed by atoms with van der Waals surface area (Å²) in [5, 5.41) is 0. The molecule has 0 aliphatic rings. The molecule has 75 heavy (non-hydrogen) atoms. The first-order valence-corrected chi connectivity index (χ1v) is 33.1. The summed E-state index contributed by atoms with van der Waals surface area (Å²) in [4.78, 5) is 38.3. The molecule has 0 rings (SSSR count). The molecule has 0 aromatic rings. The van der Waals surface area contributed by atoms with Crippen LogP contribution in [0.2, 0.25) is 0 Å². The number of esters is 3. The molecule has 6 heteroatoms. The lowest BCUT2D eigenvalue weighted by Gasteiger charge is -2.18. The maximum Gasteiger partial charge on any atom is 0.306 e. The Morgan fingerprint density at radius 3 is 0.813 bits per heavy atom. The van der Waals surface area contributed by atoms with E-state index in [4.69, 9.17) is 14.2 Å². The van der Waals surface area contributed by atoms with Crippen LogP contribution in [0.15, 0.2) is 48.6 Å². The van der Waals surface area contributed by atoms with Gasteiger partial charge >= 0.3 is 17.9 Å². The molecule has 0 bridgehead atoms. The highest BCUT2D eigenvalue weighted by molar-refractivity contribution is 5.71. The lowest BCUT2D eigenvalue weighted by Crippen LogP contribution is -2.30. The predicted octanol–water partition coefficient (Wildman–Crippen LogP) is 22.6. The zero-order valence-corrected chi connectivity index (χ0v) is 50.3. The molecule has 0 N–H and O–H groups in total. The van der Waals surface area contributed by atoms with Crippen molar-refractivity contribution in [1.82, 2.24) is 0 Å². The van der Waals surface area contributed by atoms with Crippen molar-refractivity contribution in [1.29, 1.82) is 0 Å². The van der Waals surface area contributed by atoms with Gasteiger partial charge in [-0.3, -0.25) is 14.4 Å². The minimum absolute atomic E-state index is 0.0668. The minimum Gasteiger partial charge on any atom is -0.462 e. The summed E-state index contributed by atoms with van der Waals surface area (Å²) in [6, 6.07) is 0. The van der Waals surface area contributed by atoms with E-state index in [9.17, 15) is 14.4 Å². The topological polar surface area (TPSA) is 78.9 Å². The van der Waals surface area contributed by atoms with Gasteiger partial charge in [-0.25, -0.2) is 0 Å². The molecular weight excluding hydrogens is 925 g/mol. The maximum absolute atomic E-state index is 12.9. The van der Waals surface area contributed by atoms with E-state index in [1.165, 1.54) is 231 Å². The van der Waals surface area contributed by atoms with Crippen LogP contribution < -0.4 is 0 Å². The lowest BCUT2D eigenvalue weighted by molar-refractivity contribution is -0.167. The van der Waals surface area contributed by atoms with Crippen LogP contribution in [0.5, 0.6) is 0 Å². The van der Waals surface area contributed by atoms with Crippen molar-refractivity contribution in [3.8, 4) is 0 Å². The van der Waals surface area contributed by atoms with Gasteiger partial charge in [0.05, 0.1) is 0 Å². The summed E-state index contributed by atoms with van der Waals surface area (Å²) in [6.07, 6.45) is 79.9. The first kappa shape index (κ1) is 72.4. The molecule has 0 aromatic heterocycles. The van der Waals surface area contributed by atoms with E-state index in [1.54, 1.807) is 0 Å². The number of carbonyl (C=O) groups excluding carboxylic acids is 3.